The number of nitrogens with zero attached hydrogens (tertiary/aromatic N) is 3. The zero-order valence-corrected chi connectivity index (χ0v) is 29.1. The highest BCUT2D eigenvalue weighted by molar-refractivity contribution is 6.74. The second kappa shape index (κ2) is 12.2. The van der Waals surface area contributed by atoms with Gasteiger partial charge in [-0.1, -0.05) is 47.6 Å². The van der Waals surface area contributed by atoms with Gasteiger partial charge < -0.3 is 18.9 Å². The maximum absolute atomic E-state index is 13.2. The molecule has 4 rings (SSSR count). The van der Waals surface area contributed by atoms with Crippen LogP contribution in [0.5, 0.6) is 0 Å². The van der Waals surface area contributed by atoms with E-state index in [4.69, 9.17) is 13.6 Å². The van der Waals surface area contributed by atoms with Gasteiger partial charge in [0, 0.05) is 24.2 Å². The van der Waals surface area contributed by atoms with Gasteiger partial charge >= 0.3 is 11.7 Å². The van der Waals surface area contributed by atoms with Gasteiger partial charge in [-0.2, -0.15) is 4.98 Å². The van der Waals surface area contributed by atoms with E-state index in [9.17, 15) is 9.59 Å². The molecule has 3 heterocycles. The Hall–Kier alpha value is -2.91. The summed E-state index contributed by atoms with van der Waals surface area (Å²) in [6, 6.07) is 10.3. The molecule has 0 aliphatic carbocycles. The average molecular weight is 626 g/mol. The number of fused-ring (bicyclic) bond motifs is 1. The van der Waals surface area contributed by atoms with Crippen molar-refractivity contribution in [2.75, 3.05) is 17.2 Å². The number of benzene rings is 1. The molecule has 234 valence electrons. The van der Waals surface area contributed by atoms with Crippen LogP contribution in [-0.4, -0.2) is 56.0 Å². The van der Waals surface area contributed by atoms with Gasteiger partial charge in [0.05, 0.1) is 23.9 Å². The molecule has 0 radical (unpaired) electrons. The fourth-order valence-corrected chi connectivity index (χ4v) is 6.76. The summed E-state index contributed by atoms with van der Waals surface area (Å²) in [5, 5.41) is 6.36. The van der Waals surface area contributed by atoms with Crippen LogP contribution in [-0.2, 0) is 13.6 Å². The van der Waals surface area contributed by atoms with E-state index in [1.807, 2.05) is 24.3 Å². The first-order valence-corrected chi connectivity index (χ1v) is 20.7. The number of nitrogens with one attached hydrogen (secondary N) is 2. The third kappa shape index (κ3) is 7.61. The van der Waals surface area contributed by atoms with E-state index in [0.717, 1.165) is 10.9 Å². The van der Waals surface area contributed by atoms with Crippen LogP contribution in [0, 0.1) is 0 Å². The van der Waals surface area contributed by atoms with E-state index >= 15 is 0 Å². The summed E-state index contributed by atoms with van der Waals surface area (Å²) in [7, 11) is -4.16. The molecule has 0 spiro atoms. The van der Waals surface area contributed by atoms with Crippen molar-refractivity contribution in [3.8, 4) is 0 Å². The van der Waals surface area contributed by atoms with Crippen LogP contribution in [0.2, 0.25) is 36.3 Å². The second-order valence-corrected chi connectivity index (χ2v) is 23.9. The van der Waals surface area contributed by atoms with Crippen LogP contribution in [0.1, 0.15) is 54.2 Å². The monoisotopic (exact) mass is 625 g/mol. The van der Waals surface area contributed by atoms with Crippen LogP contribution >= 0.6 is 0 Å². The molecule has 10 nitrogen and oxygen atoms in total. The zero-order chi connectivity index (χ0) is 31.8. The summed E-state index contributed by atoms with van der Waals surface area (Å²) in [6.07, 6.45) is 2.71. The quantitative estimate of drug-likeness (QED) is 0.256. The number of ether oxygens (including phenoxy) is 1. The number of anilines is 2. The smallest absolute Gasteiger partial charge is 0.351 e. The summed E-state index contributed by atoms with van der Waals surface area (Å²) in [6.45, 7) is 22.5. The molecular formula is C31H47N5O5Si2. The maximum atomic E-state index is 13.2. The Morgan fingerprint density at radius 3 is 2.35 bits per heavy atom. The van der Waals surface area contributed by atoms with Crippen LogP contribution in [0.3, 0.4) is 0 Å². The highest BCUT2D eigenvalue weighted by atomic mass is 28.4. The third-order valence-electron chi connectivity index (χ3n) is 9.12. The number of hydrogen-bond donors (Lipinski definition) is 2. The summed E-state index contributed by atoms with van der Waals surface area (Å²) < 4.78 is 21.3. The molecule has 2 N–H and O–H groups in total. The highest BCUT2D eigenvalue weighted by Gasteiger charge is 2.46. The molecule has 12 heteroatoms. The number of hydrogen-bond acceptors (Lipinski definition) is 7. The fourth-order valence-electron chi connectivity index (χ4n) is 4.39. The zero-order valence-electron chi connectivity index (χ0n) is 27.1. The molecule has 0 unspecified atom stereocenters. The van der Waals surface area contributed by atoms with Gasteiger partial charge in [-0.25, -0.2) is 9.59 Å². The Morgan fingerprint density at radius 2 is 1.70 bits per heavy atom. The van der Waals surface area contributed by atoms with Crippen molar-refractivity contribution in [1.82, 2.24) is 14.5 Å². The Kier molecular flexibility index (Phi) is 9.39. The minimum Gasteiger partial charge on any atom is -0.414 e. The number of carbonyl (C=O) groups excluding carboxylic acids is 1. The van der Waals surface area contributed by atoms with Crippen LogP contribution in [0.15, 0.2) is 53.6 Å². The first kappa shape index (κ1) is 33.0. The van der Waals surface area contributed by atoms with Crippen molar-refractivity contribution in [2.45, 2.75) is 103 Å². The predicted octanol–water partition coefficient (Wildman–Crippen LogP) is 7.14. The summed E-state index contributed by atoms with van der Waals surface area (Å²) in [5.41, 5.74) is 0.852. The Bertz CT molecular complexity index is 1510. The lowest BCUT2D eigenvalue weighted by atomic mass is 10.2. The molecule has 0 saturated carbocycles. The summed E-state index contributed by atoms with van der Waals surface area (Å²) >= 11 is 0. The van der Waals surface area contributed by atoms with Crippen LogP contribution < -0.4 is 16.3 Å². The van der Waals surface area contributed by atoms with Crippen molar-refractivity contribution < 1.29 is 18.4 Å². The largest absolute Gasteiger partial charge is 0.414 e. The fraction of sp³-hybridized carbons (Fsp3) is 0.548. The van der Waals surface area contributed by atoms with Crippen molar-refractivity contribution in [3.63, 3.8) is 0 Å². The van der Waals surface area contributed by atoms with Crippen molar-refractivity contribution in [2.24, 2.45) is 0 Å². The first-order chi connectivity index (χ1) is 19.9. The molecule has 1 saturated heterocycles. The van der Waals surface area contributed by atoms with Gasteiger partial charge in [-0.15, -0.1) is 0 Å². The lowest BCUT2D eigenvalue weighted by Gasteiger charge is -2.40. The molecule has 1 aromatic carbocycles. The molecule has 1 aliphatic rings. The summed E-state index contributed by atoms with van der Waals surface area (Å²) in [4.78, 5) is 34.4. The topological polar surface area (TPSA) is 117 Å². The minimum absolute atomic E-state index is 0.0186. The Labute approximate surface area is 256 Å². The number of urea groups is 1. The molecule has 0 bridgehead atoms. The molecule has 3 aromatic rings. The maximum Gasteiger partial charge on any atom is 0.351 e. The highest BCUT2D eigenvalue weighted by Crippen LogP contribution is 2.42. The van der Waals surface area contributed by atoms with Gasteiger partial charge in [0.25, 0.3) is 0 Å². The average Bonchev–Trinajstić information content (AvgIpc) is 3.28. The normalized spacial score (nSPS) is 19.9. The Balaban J connectivity index is 1.49. The minimum atomic E-state index is -2.13. The van der Waals surface area contributed by atoms with E-state index in [-0.39, 0.29) is 28.1 Å². The van der Waals surface area contributed by atoms with Gasteiger partial charge in [0.15, 0.2) is 16.6 Å². The van der Waals surface area contributed by atoms with Crippen molar-refractivity contribution in [1.29, 1.82) is 0 Å². The van der Waals surface area contributed by atoms with E-state index < -0.39 is 34.6 Å². The molecule has 2 amide bonds. The van der Waals surface area contributed by atoms with E-state index in [1.54, 1.807) is 24.5 Å². The SMILES string of the molecule is CC(C)(C)[Si](C)(C)OC[C@H]1O[C@@H](n2ccc(NC(=O)Nc3cccc4ncccc34)nc2=O)C[C@@H]1O[Si](C)(C)C(C)(C)C. The summed E-state index contributed by atoms with van der Waals surface area (Å²) in [5.74, 6) is 0.141. The van der Waals surface area contributed by atoms with Crippen molar-refractivity contribution in [3.05, 3.63) is 59.3 Å². The number of aromatic nitrogens is 3. The van der Waals surface area contributed by atoms with Gasteiger partial charge in [-0.05, 0) is 66.6 Å². The third-order valence-corrected chi connectivity index (χ3v) is 18.1. The number of carbonyl (C=O) groups is 1. The molecule has 1 aliphatic heterocycles. The van der Waals surface area contributed by atoms with Gasteiger partial charge in [-0.3, -0.25) is 14.9 Å². The standard InChI is InChI=1S/C31H47N5O5Si2/c1-30(2,3)42(7,8)39-20-25-24(41-43(9,10)31(4,5)6)19-27(40-25)36-18-16-26(35-29(36)38)34-28(37)33-23-15-11-14-22-21(23)13-12-17-32-22/h11-18,24-25,27H,19-20H2,1-10H3,(H2,33,34,35,37,38)/t24-,25+,27+/m0/s1. The molecular weight excluding hydrogens is 579 g/mol. The number of rotatable bonds is 8. The predicted molar refractivity (Wildman–Crippen MR) is 177 cm³/mol. The van der Waals surface area contributed by atoms with Gasteiger partial charge in [0.1, 0.15) is 18.1 Å². The molecule has 2 aromatic heterocycles. The molecule has 3 atom stereocenters. The second-order valence-electron chi connectivity index (χ2n) is 14.3. The van der Waals surface area contributed by atoms with Crippen LogP contribution in [0.4, 0.5) is 16.3 Å². The number of amides is 2. The molecule has 43 heavy (non-hydrogen) atoms. The lowest BCUT2D eigenvalue weighted by molar-refractivity contribution is -0.0411. The van der Waals surface area contributed by atoms with E-state index in [1.165, 1.54) is 4.57 Å². The van der Waals surface area contributed by atoms with E-state index in [0.29, 0.717) is 18.7 Å². The van der Waals surface area contributed by atoms with Gasteiger partial charge in [0.2, 0.25) is 0 Å². The Morgan fingerprint density at radius 1 is 1.00 bits per heavy atom. The molecule has 1 fully saturated rings. The first-order valence-electron chi connectivity index (χ1n) is 14.9. The van der Waals surface area contributed by atoms with Crippen molar-refractivity contribution >= 4 is 45.1 Å². The van der Waals surface area contributed by atoms with E-state index in [2.05, 4.69) is 88.3 Å². The van der Waals surface area contributed by atoms with Crippen LogP contribution in [0.25, 0.3) is 10.9 Å². The number of pyridine rings is 1. The lowest BCUT2D eigenvalue weighted by Crippen LogP contribution is -2.48.